The molecule has 20 heavy (non-hydrogen) atoms. The van der Waals surface area contributed by atoms with Crippen LogP contribution in [0.3, 0.4) is 0 Å². The Morgan fingerprint density at radius 2 is 1.75 bits per heavy atom. The van der Waals surface area contributed by atoms with Crippen LogP contribution in [0, 0.1) is 20.8 Å². The molecule has 2 aromatic rings. The minimum absolute atomic E-state index is 0.210. The largest absolute Gasteiger partial charge is 0.508 e. The molecule has 0 aliphatic rings. The van der Waals surface area contributed by atoms with E-state index in [0.29, 0.717) is 21.8 Å². The van der Waals surface area contributed by atoms with Gasteiger partial charge in [0.1, 0.15) is 5.75 Å². The summed E-state index contributed by atoms with van der Waals surface area (Å²) in [7, 11) is 0. The number of halogens is 1. The van der Waals surface area contributed by atoms with Gasteiger partial charge in [0.05, 0.1) is 0 Å². The van der Waals surface area contributed by atoms with Crippen LogP contribution < -0.4 is 5.32 Å². The van der Waals surface area contributed by atoms with E-state index in [0.717, 1.165) is 11.1 Å². The second kappa shape index (κ2) is 5.55. The molecular weight excluding hydrogens is 274 g/mol. The summed E-state index contributed by atoms with van der Waals surface area (Å²) in [5.74, 6) is 0.0117. The Balaban J connectivity index is 2.32. The molecule has 0 spiro atoms. The Bertz CT molecular complexity index is 680. The van der Waals surface area contributed by atoms with Gasteiger partial charge in [-0.1, -0.05) is 17.7 Å². The second-order valence-corrected chi connectivity index (χ2v) is 5.30. The Kier molecular flexibility index (Phi) is 4.00. The minimum Gasteiger partial charge on any atom is -0.508 e. The van der Waals surface area contributed by atoms with Crippen LogP contribution >= 0.6 is 11.6 Å². The first-order valence-electron chi connectivity index (χ1n) is 6.26. The van der Waals surface area contributed by atoms with Crippen LogP contribution in [0.4, 0.5) is 5.69 Å². The molecule has 104 valence electrons. The summed E-state index contributed by atoms with van der Waals surface area (Å²) in [5, 5.41) is 13.0. The van der Waals surface area contributed by atoms with Crippen molar-refractivity contribution in [2.24, 2.45) is 0 Å². The van der Waals surface area contributed by atoms with E-state index in [-0.39, 0.29) is 11.7 Å². The molecule has 0 unspecified atom stereocenters. The number of phenols is 1. The van der Waals surface area contributed by atoms with Crippen molar-refractivity contribution in [2.75, 3.05) is 5.32 Å². The Morgan fingerprint density at radius 3 is 2.45 bits per heavy atom. The number of benzene rings is 2. The van der Waals surface area contributed by atoms with Gasteiger partial charge in [-0.05, 0) is 61.7 Å². The van der Waals surface area contributed by atoms with Crippen molar-refractivity contribution in [3.63, 3.8) is 0 Å². The summed E-state index contributed by atoms with van der Waals surface area (Å²) >= 11 is 5.93. The van der Waals surface area contributed by atoms with Crippen molar-refractivity contribution in [2.45, 2.75) is 20.8 Å². The van der Waals surface area contributed by atoms with Crippen molar-refractivity contribution in [1.82, 2.24) is 0 Å². The normalized spacial score (nSPS) is 10.4. The van der Waals surface area contributed by atoms with Gasteiger partial charge >= 0.3 is 0 Å². The fraction of sp³-hybridized carbons (Fsp3) is 0.188. The van der Waals surface area contributed by atoms with E-state index >= 15 is 0 Å². The molecule has 3 nitrogen and oxygen atoms in total. The molecule has 2 rings (SSSR count). The predicted octanol–water partition coefficient (Wildman–Crippen LogP) is 4.22. The highest BCUT2D eigenvalue weighted by Crippen LogP contribution is 2.26. The predicted molar refractivity (Wildman–Crippen MR) is 81.7 cm³/mol. The molecular formula is C16H16ClNO2. The summed E-state index contributed by atoms with van der Waals surface area (Å²) in [6, 6.07) is 8.60. The molecule has 4 heteroatoms. The van der Waals surface area contributed by atoms with Crippen molar-refractivity contribution >= 4 is 23.2 Å². The quantitative estimate of drug-likeness (QED) is 0.813. The van der Waals surface area contributed by atoms with Crippen molar-refractivity contribution in [3.05, 3.63) is 57.6 Å². The van der Waals surface area contributed by atoms with Gasteiger partial charge in [0, 0.05) is 16.3 Å². The second-order valence-electron chi connectivity index (χ2n) is 4.87. The molecule has 2 aromatic carbocycles. The smallest absolute Gasteiger partial charge is 0.255 e. The zero-order valence-electron chi connectivity index (χ0n) is 11.6. The molecule has 0 aromatic heterocycles. The first kappa shape index (κ1) is 14.4. The fourth-order valence-corrected chi connectivity index (χ4v) is 2.14. The lowest BCUT2D eigenvalue weighted by molar-refractivity contribution is 0.102. The number of carbonyl (C=O) groups is 1. The highest BCUT2D eigenvalue weighted by Gasteiger charge is 2.12. The Morgan fingerprint density at radius 1 is 1.05 bits per heavy atom. The highest BCUT2D eigenvalue weighted by atomic mass is 35.5. The fourth-order valence-electron chi connectivity index (χ4n) is 1.96. The van der Waals surface area contributed by atoms with E-state index in [2.05, 4.69) is 5.32 Å². The zero-order chi connectivity index (χ0) is 14.9. The van der Waals surface area contributed by atoms with Gasteiger partial charge in [-0.3, -0.25) is 4.79 Å². The molecule has 0 fully saturated rings. The van der Waals surface area contributed by atoms with E-state index in [1.165, 1.54) is 0 Å². The van der Waals surface area contributed by atoms with Crippen molar-refractivity contribution in [3.8, 4) is 5.75 Å². The van der Waals surface area contributed by atoms with E-state index in [9.17, 15) is 9.90 Å². The minimum atomic E-state index is -0.210. The summed E-state index contributed by atoms with van der Waals surface area (Å²) in [5.41, 5.74) is 3.61. The van der Waals surface area contributed by atoms with Gasteiger partial charge in [-0.25, -0.2) is 0 Å². The average molecular weight is 290 g/mol. The monoisotopic (exact) mass is 289 g/mol. The third kappa shape index (κ3) is 2.94. The van der Waals surface area contributed by atoms with E-state index in [1.54, 1.807) is 31.2 Å². The number of rotatable bonds is 2. The van der Waals surface area contributed by atoms with Gasteiger partial charge in [-0.15, -0.1) is 0 Å². The lowest BCUT2D eigenvalue weighted by Gasteiger charge is -2.12. The molecule has 0 aliphatic heterocycles. The molecule has 0 aliphatic carbocycles. The van der Waals surface area contributed by atoms with Crippen LogP contribution in [0.2, 0.25) is 5.02 Å². The molecule has 0 bridgehead atoms. The number of hydrogen-bond acceptors (Lipinski definition) is 2. The third-order valence-corrected chi connectivity index (χ3v) is 3.47. The van der Waals surface area contributed by atoms with Gasteiger partial charge in [-0.2, -0.15) is 0 Å². The number of amides is 1. The van der Waals surface area contributed by atoms with Crippen LogP contribution in [0.15, 0.2) is 30.3 Å². The topological polar surface area (TPSA) is 49.3 Å². The molecule has 0 radical (unpaired) electrons. The SMILES string of the molecule is Cc1cc(NC(=O)c2cc(Cl)ccc2C)c(C)cc1O. The summed E-state index contributed by atoms with van der Waals surface area (Å²) in [6.07, 6.45) is 0. The number of anilines is 1. The van der Waals surface area contributed by atoms with Crippen LogP contribution in [-0.4, -0.2) is 11.0 Å². The van der Waals surface area contributed by atoms with Gasteiger partial charge in [0.25, 0.3) is 5.91 Å². The van der Waals surface area contributed by atoms with E-state index in [1.807, 2.05) is 19.9 Å². The van der Waals surface area contributed by atoms with Gasteiger partial charge in [0.15, 0.2) is 0 Å². The Labute approximate surface area is 123 Å². The van der Waals surface area contributed by atoms with Crippen molar-refractivity contribution in [1.29, 1.82) is 0 Å². The standard InChI is InChI=1S/C16H16ClNO2/c1-9-4-5-12(17)8-13(9)16(20)18-14-6-11(3)15(19)7-10(14)2/h4-8,19H,1-3H3,(H,18,20). The van der Waals surface area contributed by atoms with E-state index < -0.39 is 0 Å². The average Bonchev–Trinajstić information content (AvgIpc) is 2.38. The number of nitrogens with one attached hydrogen (secondary N) is 1. The summed E-state index contributed by atoms with van der Waals surface area (Å²) < 4.78 is 0. The van der Waals surface area contributed by atoms with Crippen LogP contribution in [-0.2, 0) is 0 Å². The first-order valence-corrected chi connectivity index (χ1v) is 6.64. The summed E-state index contributed by atoms with van der Waals surface area (Å²) in [4.78, 5) is 12.3. The molecule has 2 N–H and O–H groups in total. The van der Waals surface area contributed by atoms with Crippen molar-refractivity contribution < 1.29 is 9.90 Å². The first-order chi connectivity index (χ1) is 9.38. The lowest BCUT2D eigenvalue weighted by Crippen LogP contribution is -2.14. The van der Waals surface area contributed by atoms with Gasteiger partial charge in [0.2, 0.25) is 0 Å². The number of aromatic hydroxyl groups is 1. The Hall–Kier alpha value is -2.00. The molecule has 0 atom stereocenters. The maximum atomic E-state index is 12.3. The number of hydrogen-bond donors (Lipinski definition) is 2. The van der Waals surface area contributed by atoms with E-state index in [4.69, 9.17) is 11.6 Å². The van der Waals surface area contributed by atoms with Crippen LogP contribution in [0.1, 0.15) is 27.0 Å². The maximum absolute atomic E-state index is 12.3. The molecule has 0 heterocycles. The molecule has 1 amide bonds. The van der Waals surface area contributed by atoms with Gasteiger partial charge < -0.3 is 10.4 Å². The molecule has 0 saturated heterocycles. The summed E-state index contributed by atoms with van der Waals surface area (Å²) in [6.45, 7) is 5.48. The zero-order valence-corrected chi connectivity index (χ0v) is 12.4. The number of carbonyl (C=O) groups excluding carboxylic acids is 1. The number of aryl methyl sites for hydroxylation is 3. The van der Waals surface area contributed by atoms with Crippen LogP contribution in [0.25, 0.3) is 0 Å². The van der Waals surface area contributed by atoms with Crippen LogP contribution in [0.5, 0.6) is 5.75 Å². The maximum Gasteiger partial charge on any atom is 0.255 e. The highest BCUT2D eigenvalue weighted by molar-refractivity contribution is 6.31. The third-order valence-electron chi connectivity index (χ3n) is 3.24. The number of phenolic OH excluding ortho intramolecular Hbond substituents is 1. The lowest BCUT2D eigenvalue weighted by atomic mass is 10.1. The molecule has 0 saturated carbocycles.